The highest BCUT2D eigenvalue weighted by Crippen LogP contribution is 2.67. The number of thioether (sulfide) groups is 1. The number of aryl methyl sites for hydroxylation is 1. The lowest BCUT2D eigenvalue weighted by atomic mass is 9.71. The van der Waals surface area contributed by atoms with Crippen molar-refractivity contribution in [2.45, 2.75) is 67.7 Å². The number of aliphatic imine (C=N–C) groups is 1. The zero-order valence-corrected chi connectivity index (χ0v) is 25.5. The van der Waals surface area contributed by atoms with Crippen molar-refractivity contribution in [1.29, 1.82) is 0 Å². The Kier molecular flexibility index (Phi) is 6.21. The fraction of sp³-hybridized carbons (Fsp3) is 0.361. The number of allylic oxidation sites excluding steroid dienone is 1. The molecule has 3 aromatic carbocycles. The fourth-order valence-corrected chi connectivity index (χ4v) is 10.2. The van der Waals surface area contributed by atoms with Gasteiger partial charge in [-0.1, -0.05) is 103 Å². The summed E-state index contributed by atoms with van der Waals surface area (Å²) in [6.07, 6.45) is 6.47. The van der Waals surface area contributed by atoms with E-state index in [0.29, 0.717) is 6.54 Å². The van der Waals surface area contributed by atoms with Crippen LogP contribution in [0.1, 0.15) is 72.7 Å². The van der Waals surface area contributed by atoms with E-state index in [1.54, 1.807) is 11.8 Å². The van der Waals surface area contributed by atoms with Gasteiger partial charge in [0.2, 0.25) is 5.91 Å². The molecule has 6 nitrogen and oxygen atoms in total. The molecule has 1 N–H and O–H groups in total. The lowest BCUT2D eigenvalue weighted by Gasteiger charge is -2.42. The first kappa shape index (κ1) is 26.9. The first-order chi connectivity index (χ1) is 21.0. The number of likely N-dealkylation sites (tertiary alicyclic amines) is 1. The quantitative estimate of drug-likeness (QED) is 0.354. The van der Waals surface area contributed by atoms with E-state index in [2.05, 4.69) is 65.7 Å². The number of carbonyl (C=O) groups excluding carboxylic acids is 2. The minimum absolute atomic E-state index is 0.0134. The molecular formula is C36H36N4O2S. The van der Waals surface area contributed by atoms with Crippen molar-refractivity contribution in [3.63, 3.8) is 0 Å². The summed E-state index contributed by atoms with van der Waals surface area (Å²) in [5.41, 5.74) is 6.24. The summed E-state index contributed by atoms with van der Waals surface area (Å²) in [4.78, 5) is 39.7. The van der Waals surface area contributed by atoms with Gasteiger partial charge in [-0.25, -0.2) is 4.99 Å². The van der Waals surface area contributed by atoms with Crippen LogP contribution in [0.15, 0.2) is 95.1 Å². The van der Waals surface area contributed by atoms with Gasteiger partial charge in [-0.05, 0) is 62.4 Å². The summed E-state index contributed by atoms with van der Waals surface area (Å²) >= 11 is 1.54. The molecule has 2 amide bonds. The van der Waals surface area contributed by atoms with Crippen molar-refractivity contribution in [2.24, 2.45) is 4.99 Å². The van der Waals surface area contributed by atoms with E-state index in [9.17, 15) is 4.79 Å². The molecule has 1 aliphatic carbocycles. The SMILES string of the molecule is Cc1ccc(C2CN(C)C3(C(=O)Nc4ccccc43)C23SC2=NC4=C(CCCCCC4)C(c4ccccc4)N2C3=O)cc1. The number of carbonyl (C=O) groups is 2. The topological polar surface area (TPSA) is 65.0 Å². The van der Waals surface area contributed by atoms with Crippen LogP contribution in [-0.4, -0.2) is 45.1 Å². The van der Waals surface area contributed by atoms with E-state index in [4.69, 9.17) is 4.99 Å². The second-order valence-corrected chi connectivity index (χ2v) is 13.9. The number of para-hydroxylation sites is 1. The summed E-state index contributed by atoms with van der Waals surface area (Å²) in [5, 5.41) is 3.93. The summed E-state index contributed by atoms with van der Waals surface area (Å²) in [5.74, 6) is -0.366. The molecule has 4 aliphatic heterocycles. The van der Waals surface area contributed by atoms with Crippen LogP contribution in [0.5, 0.6) is 0 Å². The van der Waals surface area contributed by atoms with Crippen LogP contribution in [0.2, 0.25) is 0 Å². The van der Waals surface area contributed by atoms with Crippen molar-refractivity contribution in [1.82, 2.24) is 9.80 Å². The standard InChI is InChI=1S/C36H36N4O2S/c1-23-18-20-24(21-19-23)28-22-39(2)35(27-15-10-11-17-30(27)37-32(35)41)36(28)33(42)40-31(25-12-6-5-7-13-25)26-14-8-3-4-9-16-29(26)38-34(40)43-36/h5-7,10-13,15,17-21,28,31H,3-4,8-9,14,16,22H2,1-2H3,(H,37,41). The first-order valence-electron chi connectivity index (χ1n) is 15.5. The van der Waals surface area contributed by atoms with Crippen molar-refractivity contribution in [3.05, 3.63) is 112 Å². The third kappa shape index (κ3) is 3.61. The molecule has 2 fully saturated rings. The molecule has 0 aromatic heterocycles. The molecule has 0 saturated carbocycles. The molecule has 43 heavy (non-hydrogen) atoms. The van der Waals surface area contributed by atoms with Crippen LogP contribution >= 0.6 is 11.8 Å². The van der Waals surface area contributed by atoms with Gasteiger partial charge in [0.1, 0.15) is 4.75 Å². The fourth-order valence-electron chi connectivity index (χ4n) is 8.41. The van der Waals surface area contributed by atoms with Gasteiger partial charge < -0.3 is 5.32 Å². The minimum Gasteiger partial charge on any atom is -0.324 e. The average Bonchev–Trinajstić information content (AvgIpc) is 3.57. The summed E-state index contributed by atoms with van der Waals surface area (Å²) in [6, 6.07) is 26.7. The Labute approximate surface area is 257 Å². The second-order valence-electron chi connectivity index (χ2n) is 12.7. The van der Waals surface area contributed by atoms with Crippen molar-refractivity contribution in [3.8, 4) is 0 Å². The van der Waals surface area contributed by atoms with E-state index in [1.807, 2.05) is 42.3 Å². The zero-order valence-electron chi connectivity index (χ0n) is 24.7. The summed E-state index contributed by atoms with van der Waals surface area (Å²) in [6.45, 7) is 2.66. The summed E-state index contributed by atoms with van der Waals surface area (Å²) < 4.78 is -1.14. The highest BCUT2D eigenvalue weighted by Gasteiger charge is 2.78. The van der Waals surface area contributed by atoms with Crippen molar-refractivity contribution >= 4 is 34.4 Å². The van der Waals surface area contributed by atoms with Gasteiger partial charge in [-0.2, -0.15) is 0 Å². The van der Waals surface area contributed by atoms with Crippen molar-refractivity contribution < 1.29 is 9.59 Å². The Hall–Kier alpha value is -3.68. The molecule has 3 aromatic rings. The number of likely N-dealkylation sites (N-methyl/N-ethyl adjacent to an activating group) is 1. The van der Waals surface area contributed by atoms with Gasteiger partial charge in [0.15, 0.2) is 10.7 Å². The molecule has 8 rings (SSSR count). The number of nitrogens with one attached hydrogen (secondary N) is 1. The third-order valence-electron chi connectivity index (χ3n) is 10.3. The van der Waals surface area contributed by atoms with E-state index in [1.165, 1.54) is 24.0 Å². The molecule has 4 unspecified atom stereocenters. The summed E-state index contributed by atoms with van der Waals surface area (Å²) in [7, 11) is 2.01. The van der Waals surface area contributed by atoms with Crippen LogP contribution in [0.3, 0.4) is 0 Å². The van der Waals surface area contributed by atoms with E-state index >= 15 is 4.79 Å². The minimum atomic E-state index is -1.18. The smallest absolute Gasteiger partial charge is 0.251 e. The Morgan fingerprint density at radius 3 is 2.37 bits per heavy atom. The van der Waals surface area contributed by atoms with Gasteiger partial charge in [0, 0.05) is 29.4 Å². The predicted octanol–water partition coefficient (Wildman–Crippen LogP) is 6.91. The highest BCUT2D eigenvalue weighted by molar-refractivity contribution is 8.16. The normalized spacial score (nSPS) is 30.2. The van der Waals surface area contributed by atoms with E-state index in [-0.39, 0.29) is 23.8 Å². The van der Waals surface area contributed by atoms with Crippen LogP contribution in [0.25, 0.3) is 0 Å². The molecule has 0 bridgehead atoms. The number of benzene rings is 3. The molecule has 218 valence electrons. The van der Waals surface area contributed by atoms with Gasteiger partial charge in [0.25, 0.3) is 5.91 Å². The van der Waals surface area contributed by atoms with Gasteiger partial charge >= 0.3 is 0 Å². The van der Waals surface area contributed by atoms with Crippen molar-refractivity contribution in [2.75, 3.05) is 18.9 Å². The number of hydrogen-bond donors (Lipinski definition) is 1. The van der Waals surface area contributed by atoms with Crippen LogP contribution in [-0.2, 0) is 15.1 Å². The number of fused-ring (bicyclic) bond motifs is 4. The number of hydrogen-bond acceptors (Lipinski definition) is 5. The largest absolute Gasteiger partial charge is 0.324 e. The van der Waals surface area contributed by atoms with Gasteiger partial charge in [0.05, 0.1) is 6.04 Å². The zero-order chi connectivity index (χ0) is 29.3. The molecular weight excluding hydrogens is 552 g/mol. The number of amidine groups is 1. The second kappa shape index (κ2) is 9.93. The molecule has 2 spiro atoms. The molecule has 2 saturated heterocycles. The maximum absolute atomic E-state index is 15.7. The number of rotatable bonds is 2. The number of anilines is 1. The lowest BCUT2D eigenvalue weighted by molar-refractivity contribution is -0.139. The predicted molar refractivity (Wildman–Crippen MR) is 172 cm³/mol. The van der Waals surface area contributed by atoms with Gasteiger partial charge in [-0.15, -0.1) is 0 Å². The number of amides is 2. The average molecular weight is 589 g/mol. The molecule has 0 radical (unpaired) electrons. The maximum atomic E-state index is 15.7. The van der Waals surface area contributed by atoms with Crippen LogP contribution < -0.4 is 5.32 Å². The Bertz CT molecular complexity index is 1700. The van der Waals surface area contributed by atoms with Crippen LogP contribution in [0.4, 0.5) is 5.69 Å². The van der Waals surface area contributed by atoms with Gasteiger partial charge in [-0.3, -0.25) is 19.4 Å². The Balaban J connectivity index is 1.38. The molecule has 5 aliphatic rings. The molecule has 4 heterocycles. The lowest BCUT2D eigenvalue weighted by Crippen LogP contribution is -2.62. The van der Waals surface area contributed by atoms with E-state index < -0.39 is 10.3 Å². The number of nitrogens with zero attached hydrogens (tertiary/aromatic N) is 3. The maximum Gasteiger partial charge on any atom is 0.251 e. The highest BCUT2D eigenvalue weighted by atomic mass is 32.2. The Morgan fingerprint density at radius 2 is 1.58 bits per heavy atom. The van der Waals surface area contributed by atoms with Crippen LogP contribution in [0, 0.1) is 6.92 Å². The third-order valence-corrected chi connectivity index (χ3v) is 11.9. The first-order valence-corrected chi connectivity index (χ1v) is 16.4. The monoisotopic (exact) mass is 588 g/mol. The molecule has 4 atom stereocenters. The Morgan fingerprint density at radius 1 is 0.860 bits per heavy atom. The van der Waals surface area contributed by atoms with E-state index in [0.717, 1.165) is 58.9 Å². The molecule has 7 heteroatoms.